The minimum absolute atomic E-state index is 0.159. The van der Waals surface area contributed by atoms with Crippen LogP contribution < -0.4 is 9.47 Å². The van der Waals surface area contributed by atoms with Crippen molar-refractivity contribution in [1.82, 2.24) is 15.1 Å². The number of nitrogens with zero attached hydrogens (tertiary/aromatic N) is 2. The highest BCUT2D eigenvalue weighted by atomic mass is 19.1. The first-order valence-electron chi connectivity index (χ1n) is 8.38. The molecular formula is C20H18FN3O3. The molecule has 1 aromatic heterocycles. The Morgan fingerprint density at radius 2 is 1.85 bits per heavy atom. The van der Waals surface area contributed by atoms with Crippen LogP contribution in [0.3, 0.4) is 0 Å². The summed E-state index contributed by atoms with van der Waals surface area (Å²) < 4.78 is 24.1. The maximum atomic E-state index is 13.3. The highest BCUT2D eigenvalue weighted by molar-refractivity contribution is 6.00. The number of aromatic amines is 1. The molecule has 1 aliphatic heterocycles. The summed E-state index contributed by atoms with van der Waals surface area (Å²) in [5.41, 5.74) is 3.34. The fraction of sp³-hybridized carbons (Fsp3) is 0.200. The molecule has 138 valence electrons. The fourth-order valence-corrected chi connectivity index (χ4v) is 3.50. The highest BCUT2D eigenvalue weighted by Gasteiger charge is 2.41. The van der Waals surface area contributed by atoms with Gasteiger partial charge in [-0.3, -0.25) is 9.89 Å². The summed E-state index contributed by atoms with van der Waals surface area (Å²) in [7, 11) is 4.89. The molecule has 6 nitrogen and oxygen atoms in total. The van der Waals surface area contributed by atoms with E-state index in [4.69, 9.17) is 9.47 Å². The highest BCUT2D eigenvalue weighted by Crippen LogP contribution is 2.45. The van der Waals surface area contributed by atoms with Crippen LogP contribution in [0.5, 0.6) is 11.5 Å². The molecule has 2 heterocycles. The van der Waals surface area contributed by atoms with E-state index >= 15 is 0 Å². The summed E-state index contributed by atoms with van der Waals surface area (Å²) in [6, 6.07) is 11.2. The van der Waals surface area contributed by atoms with Gasteiger partial charge >= 0.3 is 0 Å². The second-order valence-corrected chi connectivity index (χ2v) is 6.29. The molecule has 2 aromatic carbocycles. The number of nitrogens with one attached hydrogen (secondary N) is 1. The Kier molecular flexibility index (Phi) is 4.07. The first kappa shape index (κ1) is 17.1. The first-order chi connectivity index (χ1) is 13.0. The lowest BCUT2D eigenvalue weighted by Crippen LogP contribution is -2.25. The number of halogens is 1. The summed E-state index contributed by atoms with van der Waals surface area (Å²) in [6.45, 7) is 0. The minimum atomic E-state index is -0.382. The van der Waals surface area contributed by atoms with E-state index < -0.39 is 0 Å². The van der Waals surface area contributed by atoms with Crippen molar-refractivity contribution in [3.63, 3.8) is 0 Å². The normalized spacial score (nSPS) is 15.8. The third-order valence-electron chi connectivity index (χ3n) is 4.85. The molecular weight excluding hydrogens is 349 g/mol. The van der Waals surface area contributed by atoms with Gasteiger partial charge in [0.15, 0.2) is 0 Å². The van der Waals surface area contributed by atoms with Gasteiger partial charge in [0.05, 0.1) is 26.0 Å². The Bertz CT molecular complexity index is 1010. The van der Waals surface area contributed by atoms with Gasteiger partial charge < -0.3 is 14.4 Å². The van der Waals surface area contributed by atoms with Gasteiger partial charge in [0.1, 0.15) is 23.0 Å². The van der Waals surface area contributed by atoms with E-state index in [1.54, 1.807) is 44.4 Å². The molecule has 0 saturated carbocycles. The lowest BCUT2D eigenvalue weighted by Gasteiger charge is -2.24. The van der Waals surface area contributed by atoms with Crippen LogP contribution in [-0.2, 0) is 0 Å². The number of methoxy groups -OCH3 is 2. The van der Waals surface area contributed by atoms with Crippen molar-refractivity contribution < 1.29 is 18.7 Å². The molecule has 0 aliphatic carbocycles. The average molecular weight is 367 g/mol. The van der Waals surface area contributed by atoms with Gasteiger partial charge in [0.2, 0.25) is 0 Å². The minimum Gasteiger partial charge on any atom is -0.497 e. The zero-order valence-electron chi connectivity index (χ0n) is 15.1. The average Bonchev–Trinajstić information content (AvgIpc) is 3.22. The van der Waals surface area contributed by atoms with Crippen molar-refractivity contribution in [1.29, 1.82) is 0 Å². The topological polar surface area (TPSA) is 67.5 Å². The monoisotopic (exact) mass is 367 g/mol. The Hall–Kier alpha value is -3.35. The van der Waals surface area contributed by atoms with Gasteiger partial charge in [0.25, 0.3) is 5.91 Å². The number of hydrogen-bond donors (Lipinski definition) is 1. The van der Waals surface area contributed by atoms with Crippen LogP contribution in [0.2, 0.25) is 0 Å². The quantitative estimate of drug-likeness (QED) is 0.767. The van der Waals surface area contributed by atoms with Crippen molar-refractivity contribution >= 4 is 5.91 Å². The van der Waals surface area contributed by atoms with E-state index in [2.05, 4.69) is 10.2 Å². The zero-order chi connectivity index (χ0) is 19.1. The molecule has 27 heavy (non-hydrogen) atoms. The molecule has 0 radical (unpaired) electrons. The number of carbonyl (C=O) groups excluding carboxylic acids is 1. The molecule has 0 bridgehead atoms. The standard InChI is InChI=1S/C20H18FN3O3/c1-24-19(14-9-8-13(26-2)10-15(14)27-3)16-17(22-23-18(16)20(24)25)11-4-6-12(21)7-5-11/h4-10,19H,1-3H3,(H,22,23)/t19-/m0/s1. The summed E-state index contributed by atoms with van der Waals surface area (Å²) in [5, 5.41) is 7.17. The van der Waals surface area contributed by atoms with Gasteiger partial charge in [-0.25, -0.2) is 4.39 Å². The van der Waals surface area contributed by atoms with E-state index in [0.717, 1.165) is 16.7 Å². The van der Waals surface area contributed by atoms with Crippen LogP contribution in [0.1, 0.15) is 27.7 Å². The molecule has 1 aliphatic rings. The molecule has 0 fully saturated rings. The number of ether oxygens (including phenoxy) is 2. The van der Waals surface area contributed by atoms with Crippen molar-refractivity contribution in [3.8, 4) is 22.8 Å². The number of aromatic nitrogens is 2. The number of benzene rings is 2. The maximum absolute atomic E-state index is 13.3. The Labute approximate surface area is 155 Å². The zero-order valence-corrected chi connectivity index (χ0v) is 15.1. The van der Waals surface area contributed by atoms with Crippen LogP contribution in [-0.4, -0.2) is 42.3 Å². The van der Waals surface area contributed by atoms with Crippen LogP contribution in [0, 0.1) is 5.82 Å². The van der Waals surface area contributed by atoms with Gasteiger partial charge in [-0.1, -0.05) is 0 Å². The van der Waals surface area contributed by atoms with E-state index in [1.165, 1.54) is 12.1 Å². The van der Waals surface area contributed by atoms with Gasteiger partial charge in [-0.15, -0.1) is 0 Å². The SMILES string of the molecule is COc1ccc([C@H]2c3c(-c4ccc(F)cc4)n[nH]c3C(=O)N2C)c(OC)c1. The maximum Gasteiger partial charge on any atom is 0.272 e. The second-order valence-electron chi connectivity index (χ2n) is 6.29. The molecule has 0 unspecified atom stereocenters. The predicted octanol–water partition coefficient (Wildman–Crippen LogP) is 3.41. The summed E-state index contributed by atoms with van der Waals surface area (Å²) in [5.74, 6) is 0.785. The fourth-order valence-electron chi connectivity index (χ4n) is 3.50. The lowest BCUT2D eigenvalue weighted by atomic mass is 9.95. The lowest BCUT2D eigenvalue weighted by molar-refractivity contribution is 0.0787. The van der Waals surface area contributed by atoms with Crippen molar-refractivity contribution in [2.45, 2.75) is 6.04 Å². The first-order valence-corrected chi connectivity index (χ1v) is 8.38. The second kappa shape index (κ2) is 6.42. The Balaban J connectivity index is 1.89. The van der Waals surface area contributed by atoms with Crippen LogP contribution >= 0.6 is 0 Å². The summed E-state index contributed by atoms with van der Waals surface area (Å²) >= 11 is 0. The molecule has 7 heteroatoms. The number of H-pyrrole nitrogens is 1. The third kappa shape index (κ3) is 2.63. The Morgan fingerprint density at radius 3 is 2.52 bits per heavy atom. The molecule has 1 N–H and O–H groups in total. The molecule has 1 atom stereocenters. The number of rotatable bonds is 4. The summed E-state index contributed by atoms with van der Waals surface area (Å²) in [6.07, 6.45) is 0. The van der Waals surface area contributed by atoms with Crippen molar-refractivity contribution in [3.05, 3.63) is 65.1 Å². The van der Waals surface area contributed by atoms with E-state index in [1.807, 2.05) is 12.1 Å². The van der Waals surface area contributed by atoms with Crippen LogP contribution in [0.25, 0.3) is 11.3 Å². The third-order valence-corrected chi connectivity index (χ3v) is 4.85. The molecule has 0 spiro atoms. The predicted molar refractivity (Wildman–Crippen MR) is 97.5 cm³/mol. The van der Waals surface area contributed by atoms with Crippen LogP contribution in [0.4, 0.5) is 4.39 Å². The Morgan fingerprint density at radius 1 is 1.11 bits per heavy atom. The smallest absolute Gasteiger partial charge is 0.272 e. The number of amides is 1. The van der Waals surface area contributed by atoms with E-state index in [9.17, 15) is 9.18 Å². The largest absolute Gasteiger partial charge is 0.497 e. The number of fused-ring (bicyclic) bond motifs is 1. The van der Waals surface area contributed by atoms with E-state index in [0.29, 0.717) is 22.9 Å². The van der Waals surface area contributed by atoms with Crippen LogP contribution in [0.15, 0.2) is 42.5 Å². The number of hydrogen-bond acceptors (Lipinski definition) is 4. The van der Waals surface area contributed by atoms with E-state index in [-0.39, 0.29) is 17.8 Å². The molecule has 1 amide bonds. The van der Waals surface area contributed by atoms with Crippen molar-refractivity contribution in [2.24, 2.45) is 0 Å². The van der Waals surface area contributed by atoms with Gasteiger partial charge in [-0.05, 0) is 36.4 Å². The number of carbonyl (C=O) groups is 1. The van der Waals surface area contributed by atoms with Crippen molar-refractivity contribution in [2.75, 3.05) is 21.3 Å². The van der Waals surface area contributed by atoms with Gasteiger partial charge in [-0.2, -0.15) is 5.10 Å². The molecule has 0 saturated heterocycles. The summed E-state index contributed by atoms with van der Waals surface area (Å²) in [4.78, 5) is 14.4. The molecule has 3 aromatic rings. The van der Waals surface area contributed by atoms with Gasteiger partial charge in [0, 0.05) is 29.8 Å². The molecule has 4 rings (SSSR count).